The van der Waals surface area contributed by atoms with Crippen molar-refractivity contribution in [3.8, 4) is 5.75 Å². The quantitative estimate of drug-likeness (QED) is 0.660. The molecule has 3 rings (SSSR count). The van der Waals surface area contributed by atoms with Crippen molar-refractivity contribution < 1.29 is 19.1 Å². The average Bonchev–Trinajstić information content (AvgIpc) is 2.94. The topological polar surface area (TPSA) is 91.0 Å². The number of nitrogens with zero attached hydrogens (tertiary/aromatic N) is 2. The summed E-state index contributed by atoms with van der Waals surface area (Å²) in [7, 11) is 1.51. The number of carbonyl (C=O) groups is 3. The van der Waals surface area contributed by atoms with Crippen LogP contribution in [0.1, 0.15) is 23.7 Å². The van der Waals surface area contributed by atoms with Gasteiger partial charge in [0.1, 0.15) is 11.8 Å². The number of rotatable bonds is 7. The van der Waals surface area contributed by atoms with E-state index in [1.165, 1.54) is 17.0 Å². The van der Waals surface area contributed by atoms with Crippen LogP contribution in [0, 0.1) is 0 Å². The van der Waals surface area contributed by atoms with Gasteiger partial charge in [0, 0.05) is 18.3 Å². The van der Waals surface area contributed by atoms with Gasteiger partial charge in [0.05, 0.1) is 13.0 Å². The van der Waals surface area contributed by atoms with Crippen molar-refractivity contribution in [2.45, 2.75) is 19.4 Å². The van der Waals surface area contributed by atoms with Gasteiger partial charge in [-0.15, -0.1) is 0 Å². The summed E-state index contributed by atoms with van der Waals surface area (Å²) in [6, 6.07) is 14.5. The van der Waals surface area contributed by atoms with E-state index in [0.717, 1.165) is 0 Å². The second-order valence-electron chi connectivity index (χ2n) is 6.58. The van der Waals surface area contributed by atoms with Crippen LogP contribution in [0.2, 0.25) is 0 Å². The van der Waals surface area contributed by atoms with E-state index < -0.39 is 11.9 Å². The van der Waals surface area contributed by atoms with Gasteiger partial charge in [-0.2, -0.15) is 0 Å². The average molecular weight is 426 g/mol. The van der Waals surface area contributed by atoms with Gasteiger partial charge in [0.2, 0.25) is 5.91 Å². The molecule has 2 N–H and O–H groups in total. The lowest BCUT2D eigenvalue weighted by Gasteiger charge is -2.24. The zero-order valence-electron chi connectivity index (χ0n) is 16.6. The molecule has 2 aromatic carbocycles. The number of hydrogen-bond donors (Lipinski definition) is 2. The number of likely N-dealkylation sites (N-methyl/N-ethyl adjacent to an activating group) is 1. The molecule has 0 bridgehead atoms. The summed E-state index contributed by atoms with van der Waals surface area (Å²) in [5.41, 5.74) is 3.63. The number of amides is 3. The first-order valence-electron chi connectivity index (χ1n) is 9.40. The number of carbonyl (C=O) groups excluding carboxylic acids is 3. The molecule has 2 aromatic rings. The Balaban J connectivity index is 1.68. The first-order valence-corrected chi connectivity index (χ1v) is 9.81. The molecule has 0 radical (unpaired) electrons. The molecule has 0 aromatic heterocycles. The molecule has 1 unspecified atom stereocenters. The third kappa shape index (κ3) is 4.74. The number of thiocarbonyl (C=S) groups is 1. The number of hydrazine groups is 1. The Bertz CT molecular complexity index is 949. The summed E-state index contributed by atoms with van der Waals surface area (Å²) in [6.45, 7) is 2.44. The minimum Gasteiger partial charge on any atom is -0.494 e. The van der Waals surface area contributed by atoms with E-state index >= 15 is 0 Å². The zero-order valence-corrected chi connectivity index (χ0v) is 17.4. The zero-order chi connectivity index (χ0) is 21.7. The maximum atomic E-state index is 12.6. The molecule has 1 fully saturated rings. The molecular weight excluding hydrogens is 404 g/mol. The van der Waals surface area contributed by atoms with E-state index in [1.54, 1.807) is 54.6 Å². The Hall–Kier alpha value is -3.46. The second kappa shape index (κ2) is 9.36. The van der Waals surface area contributed by atoms with Crippen molar-refractivity contribution >= 4 is 40.7 Å². The first kappa shape index (κ1) is 21.3. The number of benzene rings is 2. The maximum Gasteiger partial charge on any atom is 0.269 e. The van der Waals surface area contributed by atoms with Crippen LogP contribution in [-0.4, -0.2) is 52.4 Å². The van der Waals surface area contributed by atoms with Crippen LogP contribution < -0.4 is 15.5 Å². The molecule has 0 spiro atoms. The molecule has 9 heteroatoms. The van der Waals surface area contributed by atoms with Crippen molar-refractivity contribution in [2.24, 2.45) is 0 Å². The smallest absolute Gasteiger partial charge is 0.269 e. The molecule has 0 aliphatic carbocycles. The van der Waals surface area contributed by atoms with Crippen molar-refractivity contribution in [2.75, 3.05) is 19.0 Å². The largest absolute Gasteiger partial charge is 0.494 e. The van der Waals surface area contributed by atoms with Crippen LogP contribution in [0.3, 0.4) is 0 Å². The van der Waals surface area contributed by atoms with E-state index in [9.17, 15) is 14.4 Å². The highest BCUT2D eigenvalue weighted by Crippen LogP contribution is 2.20. The number of hydrogen-bond acceptors (Lipinski definition) is 5. The number of anilines is 1. The number of ether oxygens (including phenoxy) is 1. The van der Waals surface area contributed by atoms with Gasteiger partial charge in [-0.05, 0) is 55.5 Å². The van der Waals surface area contributed by atoms with Crippen LogP contribution in [-0.2, 0) is 9.59 Å². The summed E-state index contributed by atoms with van der Waals surface area (Å²) in [4.78, 5) is 38.9. The monoisotopic (exact) mass is 426 g/mol. The van der Waals surface area contributed by atoms with Crippen LogP contribution in [0.25, 0.3) is 0 Å². The van der Waals surface area contributed by atoms with Gasteiger partial charge in [-0.3, -0.25) is 24.7 Å². The third-order valence-electron chi connectivity index (χ3n) is 4.51. The summed E-state index contributed by atoms with van der Waals surface area (Å²) in [5.74, 6) is -0.467. The van der Waals surface area contributed by atoms with Gasteiger partial charge in [-0.1, -0.05) is 18.2 Å². The van der Waals surface area contributed by atoms with Crippen LogP contribution in [0.4, 0.5) is 5.69 Å². The highest BCUT2D eigenvalue weighted by Gasteiger charge is 2.42. The molecule has 3 amide bonds. The van der Waals surface area contributed by atoms with Crippen molar-refractivity contribution in [1.29, 1.82) is 0 Å². The maximum absolute atomic E-state index is 12.6. The Morgan fingerprint density at radius 3 is 2.40 bits per heavy atom. The van der Waals surface area contributed by atoms with Crippen molar-refractivity contribution in [1.82, 2.24) is 15.3 Å². The van der Waals surface area contributed by atoms with Crippen molar-refractivity contribution in [3.63, 3.8) is 0 Å². The molecule has 1 aliphatic rings. The molecule has 1 heterocycles. The Morgan fingerprint density at radius 1 is 1.10 bits per heavy atom. The summed E-state index contributed by atoms with van der Waals surface area (Å²) in [5, 5.41) is 4.14. The molecule has 1 atom stereocenters. The highest BCUT2D eigenvalue weighted by atomic mass is 32.1. The predicted octanol–water partition coefficient (Wildman–Crippen LogP) is 2.19. The highest BCUT2D eigenvalue weighted by molar-refractivity contribution is 7.80. The molecular formula is C21H22N4O4S. The lowest BCUT2D eigenvalue weighted by Crippen LogP contribution is -2.49. The fraction of sp³-hybridized carbons (Fsp3) is 0.238. The van der Waals surface area contributed by atoms with Crippen LogP contribution in [0.5, 0.6) is 5.75 Å². The van der Waals surface area contributed by atoms with E-state index in [-0.39, 0.29) is 23.3 Å². The number of nitrogens with one attached hydrogen (secondary N) is 2. The Kier molecular flexibility index (Phi) is 6.63. The van der Waals surface area contributed by atoms with Crippen molar-refractivity contribution in [3.05, 3.63) is 60.2 Å². The molecule has 1 saturated heterocycles. The van der Waals surface area contributed by atoms with Crippen LogP contribution in [0.15, 0.2) is 54.6 Å². The predicted molar refractivity (Wildman–Crippen MR) is 116 cm³/mol. The summed E-state index contributed by atoms with van der Waals surface area (Å²) >= 11 is 5.28. The standard InChI is InChI=1S/C21H22N4O4S/c1-3-29-16-11-9-15(10-12-16)22-18(26)13-17-20(28)24(2)21(30)25(17)23-19(27)14-7-5-4-6-8-14/h4-12,17H,3,13H2,1-2H3,(H,22,26)(H,23,27). The van der Waals surface area contributed by atoms with Gasteiger partial charge < -0.3 is 10.1 Å². The normalized spacial score (nSPS) is 15.9. The summed E-state index contributed by atoms with van der Waals surface area (Å²) < 4.78 is 5.37. The van der Waals surface area contributed by atoms with Gasteiger partial charge in [0.15, 0.2) is 5.11 Å². The van der Waals surface area contributed by atoms with Crippen LogP contribution >= 0.6 is 12.2 Å². The van der Waals surface area contributed by atoms with Gasteiger partial charge in [-0.25, -0.2) is 5.01 Å². The molecule has 0 saturated carbocycles. The lowest BCUT2D eigenvalue weighted by atomic mass is 10.2. The fourth-order valence-corrected chi connectivity index (χ4v) is 3.24. The SMILES string of the molecule is CCOc1ccc(NC(=O)CC2C(=O)N(C)C(=S)N2NC(=O)c2ccccc2)cc1. The van der Waals surface area contributed by atoms with E-state index in [0.29, 0.717) is 23.6 Å². The summed E-state index contributed by atoms with van der Waals surface area (Å²) in [6.07, 6.45) is -0.175. The van der Waals surface area contributed by atoms with E-state index in [2.05, 4.69) is 10.7 Å². The molecule has 8 nitrogen and oxygen atoms in total. The molecule has 30 heavy (non-hydrogen) atoms. The second-order valence-corrected chi connectivity index (χ2v) is 6.95. The van der Waals surface area contributed by atoms with Gasteiger partial charge >= 0.3 is 0 Å². The molecule has 156 valence electrons. The molecule has 1 aliphatic heterocycles. The van der Waals surface area contributed by atoms with E-state index in [1.807, 2.05) is 6.92 Å². The minimum absolute atomic E-state index is 0.128. The fourth-order valence-electron chi connectivity index (χ4n) is 2.98. The first-order chi connectivity index (χ1) is 14.4. The lowest BCUT2D eigenvalue weighted by molar-refractivity contribution is -0.130. The van der Waals surface area contributed by atoms with E-state index in [4.69, 9.17) is 17.0 Å². The van der Waals surface area contributed by atoms with Gasteiger partial charge in [0.25, 0.3) is 11.8 Å². The minimum atomic E-state index is -0.933. The third-order valence-corrected chi connectivity index (χ3v) is 4.98. The Morgan fingerprint density at radius 2 is 1.77 bits per heavy atom. The Labute approximate surface area is 179 Å².